The molecule has 3 heteroatoms. The zero-order chi connectivity index (χ0) is 12.1. The van der Waals surface area contributed by atoms with Crippen molar-refractivity contribution in [2.24, 2.45) is 0 Å². The van der Waals surface area contributed by atoms with Crippen LogP contribution < -0.4 is 4.74 Å². The van der Waals surface area contributed by atoms with Crippen LogP contribution in [0, 0.1) is 0 Å². The maximum Gasteiger partial charge on any atom is 0.190 e. The SMILES string of the molecule is CC(=O)Sc1ccc(Oc2ccccc2)cc1. The van der Waals surface area contributed by atoms with Gasteiger partial charge in [-0.2, -0.15) is 0 Å². The molecule has 0 aliphatic rings. The van der Waals surface area contributed by atoms with Gasteiger partial charge in [-0.1, -0.05) is 30.0 Å². The van der Waals surface area contributed by atoms with E-state index in [1.165, 1.54) is 11.8 Å². The lowest BCUT2D eigenvalue weighted by Gasteiger charge is -2.05. The Balaban J connectivity index is 2.06. The minimum atomic E-state index is 0.0849. The topological polar surface area (TPSA) is 26.3 Å². The molecule has 2 aromatic rings. The lowest BCUT2D eigenvalue weighted by molar-refractivity contribution is -0.109. The quantitative estimate of drug-likeness (QED) is 0.760. The van der Waals surface area contributed by atoms with Gasteiger partial charge in [0.2, 0.25) is 0 Å². The predicted octanol–water partition coefficient (Wildman–Crippen LogP) is 4.12. The molecule has 0 heterocycles. The average molecular weight is 244 g/mol. The van der Waals surface area contributed by atoms with Crippen molar-refractivity contribution < 1.29 is 9.53 Å². The van der Waals surface area contributed by atoms with Crippen molar-refractivity contribution in [1.29, 1.82) is 0 Å². The molecule has 2 nitrogen and oxygen atoms in total. The smallest absolute Gasteiger partial charge is 0.190 e. The molecule has 0 aliphatic carbocycles. The number of hydrogen-bond acceptors (Lipinski definition) is 3. The lowest BCUT2D eigenvalue weighted by atomic mass is 10.3. The molecule has 17 heavy (non-hydrogen) atoms. The van der Waals surface area contributed by atoms with Gasteiger partial charge in [-0.25, -0.2) is 0 Å². The van der Waals surface area contributed by atoms with E-state index in [0.29, 0.717) is 0 Å². The Kier molecular flexibility index (Phi) is 3.83. The van der Waals surface area contributed by atoms with E-state index in [1.54, 1.807) is 6.92 Å². The van der Waals surface area contributed by atoms with E-state index >= 15 is 0 Å². The van der Waals surface area contributed by atoms with Gasteiger partial charge in [0, 0.05) is 11.8 Å². The molecule has 0 aliphatic heterocycles. The van der Waals surface area contributed by atoms with Crippen LogP contribution >= 0.6 is 11.8 Å². The number of hydrogen-bond donors (Lipinski definition) is 0. The summed E-state index contributed by atoms with van der Waals surface area (Å²) in [5.74, 6) is 1.57. The summed E-state index contributed by atoms with van der Waals surface area (Å²) in [6, 6.07) is 17.1. The molecule has 2 aromatic carbocycles. The third kappa shape index (κ3) is 3.64. The molecule has 0 amide bonds. The minimum absolute atomic E-state index is 0.0849. The molecule has 0 unspecified atom stereocenters. The summed E-state index contributed by atoms with van der Waals surface area (Å²) in [5, 5.41) is 0.0849. The highest BCUT2D eigenvalue weighted by atomic mass is 32.2. The van der Waals surface area contributed by atoms with E-state index in [2.05, 4.69) is 0 Å². The Bertz CT molecular complexity index is 491. The van der Waals surface area contributed by atoms with Crippen LogP contribution in [0.3, 0.4) is 0 Å². The van der Waals surface area contributed by atoms with Crippen molar-refractivity contribution in [3.8, 4) is 11.5 Å². The molecular weight excluding hydrogens is 232 g/mol. The van der Waals surface area contributed by atoms with E-state index in [9.17, 15) is 4.79 Å². The molecule has 0 spiro atoms. The molecule has 0 saturated heterocycles. The number of para-hydroxylation sites is 1. The monoisotopic (exact) mass is 244 g/mol. The maximum atomic E-state index is 10.9. The van der Waals surface area contributed by atoms with Crippen molar-refractivity contribution >= 4 is 16.9 Å². The summed E-state index contributed by atoms with van der Waals surface area (Å²) < 4.78 is 5.64. The average Bonchev–Trinajstić information content (AvgIpc) is 2.32. The lowest BCUT2D eigenvalue weighted by Crippen LogP contribution is -1.84. The predicted molar refractivity (Wildman–Crippen MR) is 69.5 cm³/mol. The summed E-state index contributed by atoms with van der Waals surface area (Å²) in [7, 11) is 0. The Hall–Kier alpha value is -1.74. The fourth-order valence-corrected chi connectivity index (χ4v) is 1.97. The highest BCUT2D eigenvalue weighted by Crippen LogP contribution is 2.25. The minimum Gasteiger partial charge on any atom is -0.457 e. The second kappa shape index (κ2) is 5.55. The molecule has 0 radical (unpaired) electrons. The molecule has 0 fully saturated rings. The van der Waals surface area contributed by atoms with Gasteiger partial charge in [-0.05, 0) is 36.4 Å². The van der Waals surface area contributed by atoms with Gasteiger partial charge in [0.15, 0.2) is 5.12 Å². The first-order valence-electron chi connectivity index (χ1n) is 5.25. The van der Waals surface area contributed by atoms with Gasteiger partial charge >= 0.3 is 0 Å². The number of ether oxygens (including phenoxy) is 1. The Morgan fingerprint density at radius 3 is 2.12 bits per heavy atom. The van der Waals surface area contributed by atoms with E-state index in [-0.39, 0.29) is 5.12 Å². The van der Waals surface area contributed by atoms with Gasteiger partial charge in [0.05, 0.1) is 0 Å². The van der Waals surface area contributed by atoms with E-state index < -0.39 is 0 Å². The maximum absolute atomic E-state index is 10.9. The third-order valence-corrected chi connectivity index (χ3v) is 2.86. The highest BCUT2D eigenvalue weighted by molar-refractivity contribution is 8.13. The molecule has 0 saturated carbocycles. The molecule has 2 rings (SSSR count). The van der Waals surface area contributed by atoms with Crippen molar-refractivity contribution in [3.05, 3.63) is 54.6 Å². The molecule has 0 atom stereocenters. The van der Waals surface area contributed by atoms with Crippen LogP contribution in [-0.4, -0.2) is 5.12 Å². The van der Waals surface area contributed by atoms with Gasteiger partial charge in [-0.3, -0.25) is 4.79 Å². The van der Waals surface area contributed by atoms with Gasteiger partial charge < -0.3 is 4.74 Å². The largest absolute Gasteiger partial charge is 0.457 e. The molecule has 0 N–H and O–H groups in total. The zero-order valence-corrected chi connectivity index (χ0v) is 10.2. The summed E-state index contributed by atoms with van der Waals surface area (Å²) >= 11 is 1.22. The Morgan fingerprint density at radius 1 is 0.941 bits per heavy atom. The summed E-state index contributed by atoms with van der Waals surface area (Å²) in [5.41, 5.74) is 0. The van der Waals surface area contributed by atoms with Gasteiger partial charge in [0.1, 0.15) is 11.5 Å². The van der Waals surface area contributed by atoms with Crippen LogP contribution in [0.15, 0.2) is 59.5 Å². The van der Waals surface area contributed by atoms with E-state index in [4.69, 9.17) is 4.74 Å². The Morgan fingerprint density at radius 2 is 1.53 bits per heavy atom. The first kappa shape index (κ1) is 11.7. The number of thioether (sulfide) groups is 1. The Labute approximate surface area is 105 Å². The van der Waals surface area contributed by atoms with Crippen LogP contribution in [0.5, 0.6) is 11.5 Å². The van der Waals surface area contributed by atoms with Gasteiger partial charge in [-0.15, -0.1) is 0 Å². The zero-order valence-electron chi connectivity index (χ0n) is 9.42. The highest BCUT2D eigenvalue weighted by Gasteiger charge is 2.00. The number of rotatable bonds is 3. The number of carbonyl (C=O) groups is 1. The third-order valence-electron chi connectivity index (χ3n) is 2.06. The second-order valence-corrected chi connectivity index (χ2v) is 4.73. The molecular formula is C14H12O2S. The fraction of sp³-hybridized carbons (Fsp3) is 0.0714. The molecule has 0 bridgehead atoms. The van der Waals surface area contributed by atoms with Crippen LogP contribution in [0.25, 0.3) is 0 Å². The normalized spacial score (nSPS) is 9.94. The van der Waals surface area contributed by atoms with Crippen molar-refractivity contribution in [2.75, 3.05) is 0 Å². The summed E-state index contributed by atoms with van der Waals surface area (Å²) in [6.07, 6.45) is 0. The summed E-state index contributed by atoms with van der Waals surface area (Å²) in [4.78, 5) is 11.8. The number of benzene rings is 2. The molecule has 86 valence electrons. The van der Waals surface area contributed by atoms with Crippen LogP contribution in [0.4, 0.5) is 0 Å². The van der Waals surface area contributed by atoms with Crippen molar-refractivity contribution in [1.82, 2.24) is 0 Å². The van der Waals surface area contributed by atoms with E-state index in [0.717, 1.165) is 16.4 Å². The first-order chi connectivity index (χ1) is 8.24. The first-order valence-corrected chi connectivity index (χ1v) is 6.07. The summed E-state index contributed by atoms with van der Waals surface area (Å²) in [6.45, 7) is 1.55. The van der Waals surface area contributed by atoms with E-state index in [1.807, 2.05) is 54.6 Å². The van der Waals surface area contributed by atoms with Crippen LogP contribution in [0.1, 0.15) is 6.92 Å². The van der Waals surface area contributed by atoms with Crippen LogP contribution in [-0.2, 0) is 4.79 Å². The standard InChI is InChI=1S/C14H12O2S/c1-11(15)17-14-9-7-13(8-10-14)16-12-5-3-2-4-6-12/h2-10H,1H3. The van der Waals surface area contributed by atoms with Crippen molar-refractivity contribution in [3.63, 3.8) is 0 Å². The fourth-order valence-electron chi connectivity index (χ4n) is 1.37. The van der Waals surface area contributed by atoms with Crippen LogP contribution in [0.2, 0.25) is 0 Å². The van der Waals surface area contributed by atoms with Crippen molar-refractivity contribution in [2.45, 2.75) is 11.8 Å². The second-order valence-electron chi connectivity index (χ2n) is 3.48. The number of carbonyl (C=O) groups excluding carboxylic acids is 1. The molecule has 0 aromatic heterocycles. The van der Waals surface area contributed by atoms with Gasteiger partial charge in [0.25, 0.3) is 0 Å².